The SMILES string of the molecule is CCOc1cc(C(=O)[O-])c(NC(=O)c2ccc(OC)cc2OC)cc1OC. The fourth-order valence-corrected chi connectivity index (χ4v) is 2.44. The number of ether oxygens (including phenoxy) is 4. The summed E-state index contributed by atoms with van der Waals surface area (Å²) in [6.45, 7) is 2.07. The van der Waals surface area contributed by atoms with Crippen LogP contribution in [0.4, 0.5) is 5.69 Å². The average Bonchev–Trinajstić information content (AvgIpc) is 2.67. The smallest absolute Gasteiger partial charge is 0.259 e. The summed E-state index contributed by atoms with van der Waals surface area (Å²) in [6.07, 6.45) is 0. The number of methoxy groups -OCH3 is 3. The van der Waals surface area contributed by atoms with Crippen molar-refractivity contribution in [2.75, 3.05) is 33.3 Å². The number of hydrogen-bond acceptors (Lipinski definition) is 7. The largest absolute Gasteiger partial charge is 0.545 e. The van der Waals surface area contributed by atoms with Crippen LogP contribution in [-0.4, -0.2) is 39.8 Å². The summed E-state index contributed by atoms with van der Waals surface area (Å²) in [5.74, 6) is -0.724. The molecule has 0 radical (unpaired) electrons. The molecule has 1 amide bonds. The molecule has 0 aliphatic heterocycles. The van der Waals surface area contributed by atoms with Crippen LogP contribution >= 0.6 is 0 Å². The molecule has 2 aromatic carbocycles. The maximum absolute atomic E-state index is 12.7. The predicted octanol–water partition coefficient (Wildman–Crippen LogP) is 1.73. The summed E-state index contributed by atoms with van der Waals surface area (Å²) in [5.41, 5.74) is -0.0197. The molecule has 0 bridgehead atoms. The maximum Gasteiger partial charge on any atom is 0.259 e. The topological polar surface area (TPSA) is 106 Å². The fraction of sp³-hybridized carbons (Fsp3) is 0.263. The van der Waals surface area contributed by atoms with Crippen LogP contribution in [0.1, 0.15) is 27.6 Å². The van der Waals surface area contributed by atoms with E-state index in [0.29, 0.717) is 12.4 Å². The van der Waals surface area contributed by atoms with Gasteiger partial charge < -0.3 is 34.2 Å². The van der Waals surface area contributed by atoms with Crippen molar-refractivity contribution < 1.29 is 33.6 Å². The average molecular weight is 374 g/mol. The number of aromatic carboxylic acids is 1. The van der Waals surface area contributed by atoms with Crippen LogP contribution < -0.4 is 29.4 Å². The number of nitrogens with one attached hydrogen (secondary N) is 1. The van der Waals surface area contributed by atoms with Gasteiger partial charge in [-0.3, -0.25) is 4.79 Å². The Morgan fingerprint density at radius 3 is 2.19 bits per heavy atom. The van der Waals surface area contributed by atoms with Crippen LogP contribution in [0.2, 0.25) is 0 Å². The van der Waals surface area contributed by atoms with E-state index in [-0.39, 0.29) is 34.1 Å². The van der Waals surface area contributed by atoms with Crippen LogP contribution in [0.25, 0.3) is 0 Å². The zero-order chi connectivity index (χ0) is 20.0. The molecule has 144 valence electrons. The van der Waals surface area contributed by atoms with Gasteiger partial charge in [-0.05, 0) is 25.1 Å². The highest BCUT2D eigenvalue weighted by molar-refractivity contribution is 6.09. The lowest BCUT2D eigenvalue weighted by molar-refractivity contribution is -0.254. The van der Waals surface area contributed by atoms with Gasteiger partial charge >= 0.3 is 0 Å². The molecule has 0 saturated carbocycles. The van der Waals surface area contributed by atoms with E-state index in [9.17, 15) is 14.7 Å². The van der Waals surface area contributed by atoms with E-state index in [1.165, 1.54) is 39.5 Å². The van der Waals surface area contributed by atoms with Crippen molar-refractivity contribution >= 4 is 17.6 Å². The lowest BCUT2D eigenvalue weighted by atomic mass is 10.1. The molecular weight excluding hydrogens is 354 g/mol. The molecule has 0 saturated heterocycles. The number of carboxylic acid groups (broad SMARTS) is 1. The zero-order valence-corrected chi connectivity index (χ0v) is 15.5. The van der Waals surface area contributed by atoms with E-state index in [1.807, 2.05) is 0 Å². The number of rotatable bonds is 8. The first-order chi connectivity index (χ1) is 12.9. The van der Waals surface area contributed by atoms with Crippen LogP contribution in [0.15, 0.2) is 30.3 Å². The van der Waals surface area contributed by atoms with E-state index in [0.717, 1.165) is 0 Å². The summed E-state index contributed by atoms with van der Waals surface area (Å²) in [5, 5.41) is 14.1. The maximum atomic E-state index is 12.7. The molecule has 0 heterocycles. The van der Waals surface area contributed by atoms with Gasteiger partial charge in [0.2, 0.25) is 0 Å². The van der Waals surface area contributed by atoms with Crippen molar-refractivity contribution in [1.29, 1.82) is 0 Å². The predicted molar refractivity (Wildman–Crippen MR) is 96.0 cm³/mol. The number of carbonyl (C=O) groups excluding carboxylic acids is 2. The van der Waals surface area contributed by atoms with Crippen molar-refractivity contribution in [2.45, 2.75) is 6.92 Å². The fourth-order valence-electron chi connectivity index (χ4n) is 2.44. The van der Waals surface area contributed by atoms with Gasteiger partial charge in [0.25, 0.3) is 5.91 Å². The summed E-state index contributed by atoms with van der Waals surface area (Å²) in [7, 11) is 4.32. The summed E-state index contributed by atoms with van der Waals surface area (Å²) < 4.78 is 20.9. The first kappa shape index (κ1) is 19.9. The third-order valence-corrected chi connectivity index (χ3v) is 3.73. The summed E-state index contributed by atoms with van der Waals surface area (Å²) >= 11 is 0. The van der Waals surface area contributed by atoms with E-state index in [2.05, 4.69) is 5.32 Å². The van der Waals surface area contributed by atoms with Crippen molar-refractivity contribution in [3.8, 4) is 23.0 Å². The number of carbonyl (C=O) groups is 2. The van der Waals surface area contributed by atoms with Crippen molar-refractivity contribution in [1.82, 2.24) is 0 Å². The second-order valence-corrected chi connectivity index (χ2v) is 5.29. The van der Waals surface area contributed by atoms with Gasteiger partial charge in [-0.1, -0.05) is 0 Å². The first-order valence-corrected chi connectivity index (χ1v) is 8.04. The Bertz CT molecular complexity index is 848. The van der Waals surface area contributed by atoms with Crippen LogP contribution in [-0.2, 0) is 0 Å². The number of carboxylic acids is 1. The van der Waals surface area contributed by atoms with Crippen molar-refractivity contribution in [2.24, 2.45) is 0 Å². The van der Waals surface area contributed by atoms with Gasteiger partial charge in [-0.25, -0.2) is 0 Å². The second-order valence-electron chi connectivity index (χ2n) is 5.29. The number of anilines is 1. The molecular formula is C19H20NO7-. The molecule has 0 aromatic heterocycles. The Morgan fingerprint density at radius 1 is 0.926 bits per heavy atom. The third-order valence-electron chi connectivity index (χ3n) is 3.73. The lowest BCUT2D eigenvalue weighted by Gasteiger charge is -2.17. The van der Waals surface area contributed by atoms with Gasteiger partial charge in [0, 0.05) is 17.7 Å². The third kappa shape index (κ3) is 4.41. The normalized spacial score (nSPS) is 10.1. The van der Waals surface area contributed by atoms with Crippen LogP contribution in [0, 0.1) is 0 Å². The Hall–Kier alpha value is -3.42. The summed E-state index contributed by atoms with van der Waals surface area (Å²) in [6, 6.07) is 7.27. The Balaban J connectivity index is 2.44. The van der Waals surface area contributed by atoms with E-state index < -0.39 is 11.9 Å². The van der Waals surface area contributed by atoms with Crippen LogP contribution in [0.3, 0.4) is 0 Å². The lowest BCUT2D eigenvalue weighted by Crippen LogP contribution is -2.25. The Labute approximate surface area is 156 Å². The highest BCUT2D eigenvalue weighted by Crippen LogP contribution is 2.34. The molecule has 0 unspecified atom stereocenters. The quantitative estimate of drug-likeness (QED) is 0.750. The molecule has 0 fully saturated rings. The highest BCUT2D eigenvalue weighted by atomic mass is 16.5. The molecule has 8 nitrogen and oxygen atoms in total. The molecule has 2 aromatic rings. The standard InChI is InChI=1S/C19H21NO7/c1-5-27-17-9-13(19(22)23)14(10-16(17)26-4)20-18(21)12-7-6-11(24-2)8-15(12)25-3/h6-10H,5H2,1-4H3,(H,20,21)(H,22,23)/p-1. The second kappa shape index (κ2) is 8.79. The van der Waals surface area contributed by atoms with Gasteiger partial charge in [-0.2, -0.15) is 0 Å². The minimum atomic E-state index is -1.46. The molecule has 0 aliphatic rings. The van der Waals surface area contributed by atoms with Gasteiger partial charge in [0.1, 0.15) is 11.5 Å². The van der Waals surface area contributed by atoms with Crippen molar-refractivity contribution in [3.05, 3.63) is 41.5 Å². The van der Waals surface area contributed by atoms with Gasteiger partial charge in [0.05, 0.1) is 45.2 Å². The zero-order valence-electron chi connectivity index (χ0n) is 15.5. The minimum Gasteiger partial charge on any atom is -0.545 e. The molecule has 27 heavy (non-hydrogen) atoms. The molecule has 2 rings (SSSR count). The molecule has 0 aliphatic carbocycles. The first-order valence-electron chi connectivity index (χ1n) is 8.04. The van der Waals surface area contributed by atoms with Gasteiger partial charge in [-0.15, -0.1) is 0 Å². The molecule has 8 heteroatoms. The minimum absolute atomic E-state index is 0.0122. The number of hydrogen-bond donors (Lipinski definition) is 1. The van der Waals surface area contributed by atoms with E-state index in [4.69, 9.17) is 18.9 Å². The monoisotopic (exact) mass is 374 g/mol. The van der Waals surface area contributed by atoms with E-state index >= 15 is 0 Å². The van der Waals surface area contributed by atoms with Crippen LogP contribution in [0.5, 0.6) is 23.0 Å². The molecule has 1 N–H and O–H groups in total. The summed E-state index contributed by atoms with van der Waals surface area (Å²) in [4.78, 5) is 24.2. The van der Waals surface area contributed by atoms with Crippen molar-refractivity contribution in [3.63, 3.8) is 0 Å². The Kier molecular flexibility index (Phi) is 6.48. The van der Waals surface area contributed by atoms with Gasteiger partial charge in [0.15, 0.2) is 11.5 Å². The highest BCUT2D eigenvalue weighted by Gasteiger charge is 2.18. The molecule has 0 atom stereocenters. The Morgan fingerprint density at radius 2 is 1.63 bits per heavy atom. The number of benzene rings is 2. The molecule has 0 spiro atoms. The number of amides is 1. The van der Waals surface area contributed by atoms with E-state index in [1.54, 1.807) is 19.1 Å².